The van der Waals surface area contributed by atoms with Gasteiger partial charge in [-0.1, -0.05) is 0 Å². The van der Waals surface area contributed by atoms with Crippen molar-refractivity contribution in [2.45, 2.75) is 12.8 Å². The highest BCUT2D eigenvalue weighted by molar-refractivity contribution is 9.10. The van der Waals surface area contributed by atoms with Crippen LogP contribution in [0.15, 0.2) is 47.2 Å². The molecule has 0 bridgehead atoms. The van der Waals surface area contributed by atoms with Gasteiger partial charge in [0, 0.05) is 42.2 Å². The number of hydrogen-bond acceptors (Lipinski definition) is 4. The van der Waals surface area contributed by atoms with Gasteiger partial charge in [-0.05, 0) is 65.0 Å². The molecule has 132 valence electrons. The molecule has 1 aliphatic heterocycles. The standard InChI is InChI=1S/C19H22BrN3O2/c1-25-16-2-3-18(20)17(12-16)19(24)22-13-14-6-10-23(11-7-14)15-4-8-21-9-5-15/h2-5,8-9,12,14H,6-7,10-11,13H2,1H3,(H,22,24). The first-order valence-corrected chi connectivity index (χ1v) is 9.23. The molecular formula is C19H22BrN3O2. The Morgan fingerprint density at radius 1 is 1.28 bits per heavy atom. The SMILES string of the molecule is COc1ccc(Br)c(C(=O)NCC2CCN(c3ccncc3)CC2)c1. The van der Waals surface area contributed by atoms with Crippen molar-refractivity contribution >= 4 is 27.5 Å². The van der Waals surface area contributed by atoms with Crippen LogP contribution >= 0.6 is 15.9 Å². The third kappa shape index (κ3) is 4.51. The van der Waals surface area contributed by atoms with E-state index >= 15 is 0 Å². The number of pyridine rings is 1. The van der Waals surface area contributed by atoms with Gasteiger partial charge in [-0.25, -0.2) is 0 Å². The molecule has 1 aromatic carbocycles. The maximum atomic E-state index is 12.4. The number of carbonyl (C=O) groups is 1. The minimum Gasteiger partial charge on any atom is -0.497 e. The summed E-state index contributed by atoms with van der Waals surface area (Å²) in [7, 11) is 1.60. The molecule has 0 saturated carbocycles. The summed E-state index contributed by atoms with van der Waals surface area (Å²) < 4.78 is 5.97. The molecule has 0 atom stereocenters. The van der Waals surface area contributed by atoms with E-state index in [0.717, 1.165) is 30.4 Å². The van der Waals surface area contributed by atoms with Crippen LogP contribution in [0.25, 0.3) is 0 Å². The summed E-state index contributed by atoms with van der Waals surface area (Å²) in [5.41, 5.74) is 1.83. The van der Waals surface area contributed by atoms with Gasteiger partial charge in [0.2, 0.25) is 0 Å². The van der Waals surface area contributed by atoms with Crippen LogP contribution in [0.4, 0.5) is 5.69 Å². The van der Waals surface area contributed by atoms with Crippen LogP contribution in [0.3, 0.4) is 0 Å². The van der Waals surface area contributed by atoms with Gasteiger partial charge in [-0.2, -0.15) is 0 Å². The summed E-state index contributed by atoms with van der Waals surface area (Å²) in [6.45, 7) is 2.72. The second-order valence-electron chi connectivity index (χ2n) is 6.19. The molecule has 2 heterocycles. The van der Waals surface area contributed by atoms with Crippen LogP contribution in [-0.4, -0.2) is 37.6 Å². The fraction of sp³-hybridized carbons (Fsp3) is 0.368. The summed E-state index contributed by atoms with van der Waals surface area (Å²) in [5.74, 6) is 1.12. The predicted molar refractivity (Wildman–Crippen MR) is 102 cm³/mol. The first kappa shape index (κ1) is 17.7. The highest BCUT2D eigenvalue weighted by atomic mass is 79.9. The third-order valence-corrected chi connectivity index (χ3v) is 5.30. The minimum absolute atomic E-state index is 0.0673. The Labute approximate surface area is 156 Å². The van der Waals surface area contributed by atoms with Crippen molar-refractivity contribution in [2.75, 3.05) is 31.6 Å². The number of nitrogens with zero attached hydrogens (tertiary/aromatic N) is 2. The van der Waals surface area contributed by atoms with E-state index in [2.05, 4.69) is 31.1 Å². The van der Waals surface area contributed by atoms with Crippen LogP contribution < -0.4 is 15.0 Å². The number of amides is 1. The zero-order chi connectivity index (χ0) is 17.6. The molecule has 0 aliphatic carbocycles. The molecule has 1 saturated heterocycles. The molecule has 0 spiro atoms. The van der Waals surface area contributed by atoms with Gasteiger partial charge in [0.1, 0.15) is 5.75 Å². The summed E-state index contributed by atoms with van der Waals surface area (Å²) in [6, 6.07) is 9.51. The second kappa shape index (κ2) is 8.34. The molecule has 1 N–H and O–H groups in total. The molecule has 1 amide bonds. The summed E-state index contributed by atoms with van der Waals surface area (Å²) in [4.78, 5) is 18.9. The monoisotopic (exact) mass is 403 g/mol. The van der Waals surface area contributed by atoms with Gasteiger partial charge < -0.3 is 15.0 Å². The summed E-state index contributed by atoms with van der Waals surface area (Å²) >= 11 is 3.43. The number of piperidine rings is 1. The number of aromatic nitrogens is 1. The Morgan fingerprint density at radius 3 is 2.68 bits per heavy atom. The van der Waals surface area contributed by atoms with Crippen molar-refractivity contribution in [3.63, 3.8) is 0 Å². The van der Waals surface area contributed by atoms with Crippen LogP contribution in [0, 0.1) is 5.92 Å². The molecular weight excluding hydrogens is 382 g/mol. The first-order valence-electron chi connectivity index (χ1n) is 8.44. The average Bonchev–Trinajstić information content (AvgIpc) is 2.67. The molecule has 6 heteroatoms. The minimum atomic E-state index is -0.0673. The smallest absolute Gasteiger partial charge is 0.252 e. The predicted octanol–water partition coefficient (Wildman–Crippen LogP) is 3.50. The van der Waals surface area contributed by atoms with E-state index in [1.165, 1.54) is 5.69 Å². The molecule has 1 fully saturated rings. The molecule has 1 aromatic heterocycles. The lowest BCUT2D eigenvalue weighted by Gasteiger charge is -2.33. The number of ether oxygens (including phenoxy) is 1. The van der Waals surface area contributed by atoms with E-state index in [1.807, 2.05) is 36.7 Å². The largest absolute Gasteiger partial charge is 0.497 e. The number of halogens is 1. The van der Waals surface area contributed by atoms with E-state index in [4.69, 9.17) is 4.74 Å². The number of anilines is 1. The number of methoxy groups -OCH3 is 1. The Hall–Kier alpha value is -2.08. The lowest BCUT2D eigenvalue weighted by molar-refractivity contribution is 0.0944. The molecule has 5 nitrogen and oxygen atoms in total. The van der Waals surface area contributed by atoms with Crippen LogP contribution in [-0.2, 0) is 0 Å². The molecule has 1 aliphatic rings. The maximum Gasteiger partial charge on any atom is 0.252 e. The van der Waals surface area contributed by atoms with Crippen molar-refractivity contribution in [3.8, 4) is 5.75 Å². The van der Waals surface area contributed by atoms with Gasteiger partial charge in [0.15, 0.2) is 0 Å². The van der Waals surface area contributed by atoms with Crippen LogP contribution in [0.5, 0.6) is 5.75 Å². The van der Waals surface area contributed by atoms with E-state index in [9.17, 15) is 4.79 Å². The first-order chi connectivity index (χ1) is 12.2. The van der Waals surface area contributed by atoms with Crippen molar-refractivity contribution < 1.29 is 9.53 Å². The van der Waals surface area contributed by atoms with Crippen molar-refractivity contribution in [3.05, 3.63) is 52.8 Å². The van der Waals surface area contributed by atoms with Crippen LogP contribution in [0.1, 0.15) is 23.2 Å². The quantitative estimate of drug-likeness (QED) is 0.829. The maximum absolute atomic E-state index is 12.4. The van der Waals surface area contributed by atoms with E-state index in [0.29, 0.717) is 23.8 Å². The van der Waals surface area contributed by atoms with E-state index in [-0.39, 0.29) is 5.91 Å². The zero-order valence-corrected chi connectivity index (χ0v) is 15.8. The highest BCUT2D eigenvalue weighted by Gasteiger charge is 2.20. The highest BCUT2D eigenvalue weighted by Crippen LogP contribution is 2.24. The fourth-order valence-electron chi connectivity index (χ4n) is 3.09. The number of carbonyl (C=O) groups excluding carboxylic acids is 1. The molecule has 0 radical (unpaired) electrons. The summed E-state index contributed by atoms with van der Waals surface area (Å²) in [5, 5.41) is 3.06. The second-order valence-corrected chi connectivity index (χ2v) is 7.05. The fourth-order valence-corrected chi connectivity index (χ4v) is 3.51. The molecule has 2 aromatic rings. The Kier molecular flexibility index (Phi) is 5.91. The van der Waals surface area contributed by atoms with E-state index in [1.54, 1.807) is 13.2 Å². The van der Waals surface area contributed by atoms with Crippen LogP contribution in [0.2, 0.25) is 0 Å². The van der Waals surface area contributed by atoms with E-state index < -0.39 is 0 Å². The normalized spacial score (nSPS) is 15.0. The number of hydrogen-bond donors (Lipinski definition) is 1. The molecule has 25 heavy (non-hydrogen) atoms. The van der Waals surface area contributed by atoms with Gasteiger partial charge >= 0.3 is 0 Å². The van der Waals surface area contributed by atoms with Gasteiger partial charge in [-0.15, -0.1) is 0 Å². The van der Waals surface area contributed by atoms with Gasteiger partial charge in [0.05, 0.1) is 12.7 Å². The van der Waals surface area contributed by atoms with Gasteiger partial charge in [-0.3, -0.25) is 9.78 Å². The topological polar surface area (TPSA) is 54.5 Å². The third-order valence-electron chi connectivity index (χ3n) is 4.61. The Morgan fingerprint density at radius 2 is 2.00 bits per heavy atom. The Balaban J connectivity index is 1.51. The average molecular weight is 404 g/mol. The lowest BCUT2D eigenvalue weighted by atomic mass is 9.96. The zero-order valence-electron chi connectivity index (χ0n) is 14.2. The lowest BCUT2D eigenvalue weighted by Crippen LogP contribution is -2.38. The number of benzene rings is 1. The number of rotatable bonds is 5. The molecule has 0 unspecified atom stereocenters. The van der Waals surface area contributed by atoms with Crippen molar-refractivity contribution in [1.82, 2.24) is 10.3 Å². The van der Waals surface area contributed by atoms with Crippen molar-refractivity contribution in [2.24, 2.45) is 5.92 Å². The summed E-state index contributed by atoms with van der Waals surface area (Å²) in [6.07, 6.45) is 5.80. The van der Waals surface area contributed by atoms with Crippen molar-refractivity contribution in [1.29, 1.82) is 0 Å². The molecule has 3 rings (SSSR count). The number of nitrogens with one attached hydrogen (secondary N) is 1. The Bertz CT molecular complexity index is 716. The van der Waals surface area contributed by atoms with Gasteiger partial charge in [0.25, 0.3) is 5.91 Å².